The van der Waals surface area contributed by atoms with Crippen LogP contribution in [-0.4, -0.2) is 25.4 Å². The van der Waals surface area contributed by atoms with Crippen molar-refractivity contribution >= 4 is 11.5 Å². The summed E-state index contributed by atoms with van der Waals surface area (Å²) in [6.07, 6.45) is 5.78. The van der Waals surface area contributed by atoms with Gasteiger partial charge in [0.05, 0.1) is 11.7 Å². The normalized spacial score (nSPS) is 22.8. The van der Waals surface area contributed by atoms with Gasteiger partial charge in [0.2, 0.25) is 0 Å². The van der Waals surface area contributed by atoms with E-state index in [4.69, 9.17) is 0 Å². The van der Waals surface area contributed by atoms with E-state index in [0.29, 0.717) is 6.04 Å². The van der Waals surface area contributed by atoms with E-state index < -0.39 is 0 Å². The van der Waals surface area contributed by atoms with Crippen molar-refractivity contribution in [3.05, 3.63) is 39.8 Å². The van der Waals surface area contributed by atoms with Crippen molar-refractivity contribution in [1.29, 1.82) is 0 Å². The highest BCUT2D eigenvalue weighted by Gasteiger charge is 2.23. The van der Waals surface area contributed by atoms with Crippen molar-refractivity contribution in [3.8, 4) is 0 Å². The first-order chi connectivity index (χ1) is 9.83. The van der Waals surface area contributed by atoms with Crippen LogP contribution in [0.15, 0.2) is 28.5 Å². The van der Waals surface area contributed by atoms with Gasteiger partial charge >= 0.3 is 0 Å². The Balaban J connectivity index is 1.52. The summed E-state index contributed by atoms with van der Waals surface area (Å²) in [6, 6.07) is 4.00. The summed E-state index contributed by atoms with van der Waals surface area (Å²) in [7, 11) is 0. The van der Waals surface area contributed by atoms with E-state index in [1.165, 1.54) is 11.5 Å². The average Bonchev–Trinajstić information content (AvgIpc) is 3.00. The summed E-state index contributed by atoms with van der Waals surface area (Å²) in [5, 5.41) is 13.7. The molecule has 3 rings (SSSR count). The quantitative estimate of drug-likeness (QED) is 0.921. The highest BCUT2D eigenvalue weighted by Crippen LogP contribution is 2.26. The lowest BCUT2D eigenvalue weighted by atomic mass is 9.91. The average molecular weight is 291 g/mol. The van der Waals surface area contributed by atoms with Gasteiger partial charge in [-0.15, -0.1) is 5.10 Å². The first-order valence-corrected chi connectivity index (χ1v) is 7.70. The van der Waals surface area contributed by atoms with Gasteiger partial charge in [0.1, 0.15) is 0 Å². The van der Waals surface area contributed by atoms with Crippen molar-refractivity contribution < 1.29 is 0 Å². The Morgan fingerprint density at radius 3 is 2.90 bits per heavy atom. The number of aromatic nitrogens is 4. The second kappa shape index (κ2) is 6.23. The van der Waals surface area contributed by atoms with Crippen molar-refractivity contribution in [1.82, 2.24) is 24.7 Å². The van der Waals surface area contributed by atoms with Crippen molar-refractivity contribution in [3.63, 3.8) is 0 Å². The zero-order chi connectivity index (χ0) is 13.8. The molecule has 1 aliphatic rings. The molecule has 0 atom stereocenters. The minimum atomic E-state index is -0.00235. The van der Waals surface area contributed by atoms with Crippen molar-refractivity contribution in [2.24, 2.45) is 0 Å². The molecular formula is C13H17N5OS. The molecule has 106 valence electrons. The van der Waals surface area contributed by atoms with E-state index in [-0.39, 0.29) is 11.6 Å². The van der Waals surface area contributed by atoms with Gasteiger partial charge in [0.25, 0.3) is 5.56 Å². The van der Waals surface area contributed by atoms with E-state index in [0.717, 1.165) is 37.9 Å². The number of hydrogen-bond donors (Lipinski definition) is 1. The van der Waals surface area contributed by atoms with Gasteiger partial charge in [0.15, 0.2) is 0 Å². The summed E-state index contributed by atoms with van der Waals surface area (Å²) in [5.41, 5.74) is 0.996. The van der Waals surface area contributed by atoms with Crippen LogP contribution >= 0.6 is 11.5 Å². The second-order valence-corrected chi connectivity index (χ2v) is 5.70. The maximum Gasteiger partial charge on any atom is 0.266 e. The third-order valence-electron chi connectivity index (χ3n) is 3.76. The number of hydrogen-bond acceptors (Lipinski definition) is 6. The molecule has 0 aromatic carbocycles. The molecule has 1 aliphatic carbocycles. The fraction of sp³-hybridized carbons (Fsp3) is 0.538. The largest absolute Gasteiger partial charge is 0.308 e. The predicted octanol–water partition coefficient (Wildman–Crippen LogP) is 1.37. The Morgan fingerprint density at radius 1 is 1.35 bits per heavy atom. The Labute approximate surface area is 121 Å². The first-order valence-electron chi connectivity index (χ1n) is 6.86. The van der Waals surface area contributed by atoms with Gasteiger partial charge < -0.3 is 5.32 Å². The van der Waals surface area contributed by atoms with Crippen LogP contribution in [0.4, 0.5) is 0 Å². The van der Waals surface area contributed by atoms with Crippen LogP contribution in [0, 0.1) is 0 Å². The van der Waals surface area contributed by atoms with Crippen LogP contribution in [0.3, 0.4) is 0 Å². The smallest absolute Gasteiger partial charge is 0.266 e. The van der Waals surface area contributed by atoms with Crippen LogP contribution in [-0.2, 0) is 6.54 Å². The first kappa shape index (κ1) is 13.4. The molecule has 2 heterocycles. The molecule has 1 N–H and O–H groups in total. The standard InChI is InChI=1S/C13H17N5OS/c19-13-2-1-7-15-18(13)12-5-3-10(4-6-12)14-8-11-9-20-17-16-11/h1-2,7,9-10,12,14H,3-6,8H2. The number of rotatable bonds is 4. The maximum absolute atomic E-state index is 11.8. The summed E-state index contributed by atoms with van der Waals surface area (Å²) < 4.78 is 5.48. The summed E-state index contributed by atoms with van der Waals surface area (Å²) in [5.74, 6) is 0. The molecule has 0 radical (unpaired) electrons. The van der Waals surface area contributed by atoms with Crippen molar-refractivity contribution in [2.75, 3.05) is 0 Å². The molecule has 1 saturated carbocycles. The molecule has 20 heavy (non-hydrogen) atoms. The predicted molar refractivity (Wildman–Crippen MR) is 76.5 cm³/mol. The Morgan fingerprint density at radius 2 is 2.20 bits per heavy atom. The maximum atomic E-state index is 11.8. The lowest BCUT2D eigenvalue weighted by molar-refractivity contribution is 0.268. The SMILES string of the molecule is O=c1cccnn1C1CCC(NCc2csnn2)CC1. The molecule has 0 saturated heterocycles. The minimum Gasteiger partial charge on any atom is -0.308 e. The number of nitrogens with zero attached hydrogens (tertiary/aromatic N) is 4. The van der Waals surface area contributed by atoms with Crippen LogP contribution in [0.5, 0.6) is 0 Å². The zero-order valence-corrected chi connectivity index (χ0v) is 11.9. The fourth-order valence-corrected chi connectivity index (χ4v) is 3.13. The summed E-state index contributed by atoms with van der Waals surface area (Å²) in [6.45, 7) is 0.773. The van der Waals surface area contributed by atoms with Crippen LogP contribution in [0.2, 0.25) is 0 Å². The highest BCUT2D eigenvalue weighted by molar-refractivity contribution is 7.03. The van der Waals surface area contributed by atoms with E-state index in [2.05, 4.69) is 20.0 Å². The second-order valence-electron chi connectivity index (χ2n) is 5.09. The fourth-order valence-electron chi connectivity index (χ4n) is 2.68. The van der Waals surface area contributed by atoms with Gasteiger partial charge in [-0.1, -0.05) is 4.49 Å². The molecule has 7 heteroatoms. The van der Waals surface area contributed by atoms with Gasteiger partial charge in [-0.05, 0) is 43.3 Å². The Hall–Kier alpha value is -1.60. The molecule has 2 aromatic rings. The lowest BCUT2D eigenvalue weighted by Gasteiger charge is -2.29. The van der Waals surface area contributed by atoms with E-state index in [9.17, 15) is 4.79 Å². The Kier molecular flexibility index (Phi) is 4.17. The van der Waals surface area contributed by atoms with Crippen LogP contribution in [0.25, 0.3) is 0 Å². The molecule has 0 bridgehead atoms. The molecule has 0 unspecified atom stereocenters. The summed E-state index contributed by atoms with van der Waals surface area (Å²) >= 11 is 1.38. The highest BCUT2D eigenvalue weighted by atomic mass is 32.1. The lowest BCUT2D eigenvalue weighted by Crippen LogP contribution is -2.36. The van der Waals surface area contributed by atoms with Crippen LogP contribution < -0.4 is 10.9 Å². The minimum absolute atomic E-state index is 0.00235. The van der Waals surface area contributed by atoms with E-state index in [1.807, 2.05) is 5.38 Å². The molecule has 0 amide bonds. The van der Waals surface area contributed by atoms with Crippen molar-refractivity contribution in [2.45, 2.75) is 44.3 Å². The van der Waals surface area contributed by atoms with Gasteiger partial charge in [0, 0.05) is 30.2 Å². The monoisotopic (exact) mass is 291 g/mol. The van der Waals surface area contributed by atoms with Gasteiger partial charge in [-0.3, -0.25) is 4.79 Å². The third kappa shape index (κ3) is 3.10. The summed E-state index contributed by atoms with van der Waals surface area (Å²) in [4.78, 5) is 11.8. The van der Waals surface area contributed by atoms with E-state index >= 15 is 0 Å². The molecule has 0 aliphatic heterocycles. The number of nitrogens with one attached hydrogen (secondary N) is 1. The van der Waals surface area contributed by atoms with Gasteiger partial charge in [-0.2, -0.15) is 5.10 Å². The topological polar surface area (TPSA) is 72.7 Å². The van der Waals surface area contributed by atoms with Crippen LogP contribution in [0.1, 0.15) is 37.4 Å². The third-order valence-corrected chi connectivity index (χ3v) is 4.31. The molecular weight excluding hydrogens is 274 g/mol. The molecule has 0 spiro atoms. The molecule has 6 nitrogen and oxygen atoms in total. The molecule has 2 aromatic heterocycles. The van der Waals surface area contributed by atoms with Gasteiger partial charge in [-0.25, -0.2) is 4.68 Å². The van der Waals surface area contributed by atoms with E-state index in [1.54, 1.807) is 23.0 Å². The zero-order valence-electron chi connectivity index (χ0n) is 11.1. The molecule has 1 fully saturated rings. The Bertz CT molecular complexity index is 589.